The van der Waals surface area contributed by atoms with E-state index in [1.54, 1.807) is 17.8 Å². The lowest BCUT2D eigenvalue weighted by Crippen LogP contribution is -2.13. The quantitative estimate of drug-likeness (QED) is 0.517. The lowest BCUT2D eigenvalue weighted by molar-refractivity contribution is 0.601. The molecule has 27 heavy (non-hydrogen) atoms. The Kier molecular flexibility index (Phi) is 4.77. The molecule has 0 amide bonds. The fourth-order valence-corrected chi connectivity index (χ4v) is 5.32. The van der Waals surface area contributed by atoms with Crippen LogP contribution in [0, 0.1) is 6.92 Å². The lowest BCUT2D eigenvalue weighted by Gasteiger charge is -2.03. The second-order valence-electron chi connectivity index (χ2n) is 5.73. The summed E-state index contributed by atoms with van der Waals surface area (Å²) in [6.07, 6.45) is 1.55. The van der Waals surface area contributed by atoms with E-state index in [2.05, 4.69) is 20.0 Å². The average molecular weight is 418 g/mol. The Bertz CT molecular complexity index is 1150. The average Bonchev–Trinajstić information content (AvgIpc) is 3.36. The molecule has 0 saturated carbocycles. The highest BCUT2D eigenvalue weighted by molar-refractivity contribution is 7.93. The Morgan fingerprint density at radius 1 is 1.11 bits per heavy atom. The number of anilines is 1. The van der Waals surface area contributed by atoms with E-state index in [9.17, 15) is 8.42 Å². The molecule has 7 nitrogen and oxygen atoms in total. The molecule has 0 aliphatic heterocycles. The van der Waals surface area contributed by atoms with Gasteiger partial charge in [-0.3, -0.25) is 9.40 Å². The van der Waals surface area contributed by atoms with Crippen molar-refractivity contribution in [2.45, 2.75) is 18.4 Å². The molecule has 4 rings (SSSR count). The zero-order valence-corrected chi connectivity index (χ0v) is 16.7. The van der Waals surface area contributed by atoms with Gasteiger partial charge < -0.3 is 0 Å². The van der Waals surface area contributed by atoms with Gasteiger partial charge in [-0.15, -0.1) is 21.5 Å². The third kappa shape index (κ3) is 3.92. The predicted molar refractivity (Wildman–Crippen MR) is 107 cm³/mol. The van der Waals surface area contributed by atoms with E-state index in [-0.39, 0.29) is 10.0 Å². The molecule has 0 aliphatic rings. The van der Waals surface area contributed by atoms with Crippen LogP contribution in [0.25, 0.3) is 10.6 Å². The van der Waals surface area contributed by atoms with Crippen LogP contribution in [-0.2, 0) is 16.6 Å². The number of nitrogens with zero attached hydrogens (tertiary/aromatic N) is 4. The molecule has 4 aromatic rings. The topological polar surface area (TPSA) is 89.8 Å². The smallest absolute Gasteiger partial charge is 0.266 e. The van der Waals surface area contributed by atoms with Crippen molar-refractivity contribution >= 4 is 37.8 Å². The second kappa shape index (κ2) is 7.22. The van der Waals surface area contributed by atoms with Crippen LogP contribution in [0.5, 0.6) is 0 Å². The van der Waals surface area contributed by atoms with Gasteiger partial charge in [-0.25, -0.2) is 8.42 Å². The summed E-state index contributed by atoms with van der Waals surface area (Å²) >= 11 is 2.63. The standard InChI is InChI=1S/C17H15N5O2S3/c1-12-18-19-17(26-12)21-27(23,24)15-11-22(10-13-6-3-2-4-7-13)20-16(15)14-8-5-9-25-14/h2-9,11H,10H2,1H3,(H,19,21). The molecule has 0 spiro atoms. The summed E-state index contributed by atoms with van der Waals surface area (Å²) in [5.74, 6) is 0. The van der Waals surface area contributed by atoms with Crippen LogP contribution in [-0.4, -0.2) is 28.4 Å². The molecular formula is C17H15N5O2S3. The van der Waals surface area contributed by atoms with Gasteiger partial charge in [0.1, 0.15) is 15.6 Å². The van der Waals surface area contributed by atoms with Crippen LogP contribution >= 0.6 is 22.7 Å². The first-order valence-electron chi connectivity index (χ1n) is 7.99. The van der Waals surface area contributed by atoms with E-state index >= 15 is 0 Å². The minimum absolute atomic E-state index is 0.119. The van der Waals surface area contributed by atoms with Gasteiger partial charge in [0.25, 0.3) is 10.0 Å². The maximum absolute atomic E-state index is 13.0. The first-order valence-corrected chi connectivity index (χ1v) is 11.2. The Hall–Kier alpha value is -2.56. The number of aryl methyl sites for hydroxylation is 1. The third-order valence-electron chi connectivity index (χ3n) is 3.71. The SMILES string of the molecule is Cc1nnc(NS(=O)(=O)c2cn(Cc3ccccc3)nc2-c2cccs2)s1. The van der Waals surface area contributed by atoms with E-state index in [0.29, 0.717) is 17.2 Å². The molecule has 3 heterocycles. The van der Waals surface area contributed by atoms with Crippen molar-refractivity contribution in [2.75, 3.05) is 4.72 Å². The molecule has 0 fully saturated rings. The highest BCUT2D eigenvalue weighted by atomic mass is 32.2. The van der Waals surface area contributed by atoms with Gasteiger partial charge in [-0.1, -0.05) is 47.7 Å². The molecule has 0 bridgehead atoms. The largest absolute Gasteiger partial charge is 0.267 e. The summed E-state index contributed by atoms with van der Waals surface area (Å²) in [6.45, 7) is 2.25. The van der Waals surface area contributed by atoms with Gasteiger partial charge in [-0.05, 0) is 23.9 Å². The van der Waals surface area contributed by atoms with Crippen molar-refractivity contribution in [3.05, 3.63) is 64.6 Å². The van der Waals surface area contributed by atoms with Crippen LogP contribution in [0.2, 0.25) is 0 Å². The number of sulfonamides is 1. The van der Waals surface area contributed by atoms with Crippen molar-refractivity contribution in [2.24, 2.45) is 0 Å². The normalized spacial score (nSPS) is 11.6. The van der Waals surface area contributed by atoms with Crippen molar-refractivity contribution in [3.8, 4) is 10.6 Å². The molecule has 0 aliphatic carbocycles. The molecule has 3 aromatic heterocycles. The lowest BCUT2D eigenvalue weighted by atomic mass is 10.2. The molecule has 1 N–H and O–H groups in total. The second-order valence-corrected chi connectivity index (χ2v) is 9.51. The van der Waals surface area contributed by atoms with Crippen LogP contribution in [0.4, 0.5) is 5.13 Å². The number of nitrogens with one attached hydrogen (secondary N) is 1. The predicted octanol–water partition coefficient (Wildman–Crippen LogP) is 3.62. The summed E-state index contributed by atoms with van der Waals surface area (Å²) in [5, 5.41) is 15.0. The van der Waals surface area contributed by atoms with Crippen LogP contribution in [0.3, 0.4) is 0 Å². The summed E-state index contributed by atoms with van der Waals surface area (Å²) in [4.78, 5) is 0.907. The molecule has 0 atom stereocenters. The van der Waals surface area contributed by atoms with Gasteiger partial charge in [0, 0.05) is 6.20 Å². The molecular weight excluding hydrogens is 402 g/mol. The highest BCUT2D eigenvalue weighted by Gasteiger charge is 2.25. The minimum Gasteiger partial charge on any atom is -0.266 e. The Morgan fingerprint density at radius 2 is 1.93 bits per heavy atom. The fraction of sp³-hybridized carbons (Fsp3) is 0.118. The van der Waals surface area contributed by atoms with Crippen LogP contribution in [0.15, 0.2) is 58.9 Å². The van der Waals surface area contributed by atoms with Gasteiger partial charge in [-0.2, -0.15) is 5.10 Å². The monoisotopic (exact) mass is 417 g/mol. The van der Waals surface area contributed by atoms with Gasteiger partial charge in [0.05, 0.1) is 11.4 Å². The zero-order valence-electron chi connectivity index (χ0n) is 14.2. The van der Waals surface area contributed by atoms with Gasteiger partial charge in [0.15, 0.2) is 0 Å². The zero-order chi connectivity index (χ0) is 18.9. The fourth-order valence-electron chi connectivity index (χ4n) is 2.54. The number of thiophene rings is 1. The highest BCUT2D eigenvalue weighted by Crippen LogP contribution is 2.31. The number of hydrogen-bond acceptors (Lipinski definition) is 7. The third-order valence-corrected chi connectivity index (χ3v) is 6.81. The van der Waals surface area contributed by atoms with Crippen molar-refractivity contribution in [3.63, 3.8) is 0 Å². The molecule has 0 unspecified atom stereocenters. The Morgan fingerprint density at radius 3 is 2.59 bits per heavy atom. The summed E-state index contributed by atoms with van der Waals surface area (Å²) < 4.78 is 30.1. The van der Waals surface area contributed by atoms with E-state index in [0.717, 1.165) is 10.4 Å². The van der Waals surface area contributed by atoms with Crippen molar-refractivity contribution in [1.82, 2.24) is 20.0 Å². The number of rotatable bonds is 6. The van der Waals surface area contributed by atoms with E-state index < -0.39 is 10.0 Å². The number of aromatic nitrogens is 4. The van der Waals surface area contributed by atoms with E-state index in [1.807, 2.05) is 47.8 Å². The molecule has 10 heteroatoms. The first-order chi connectivity index (χ1) is 13.0. The minimum atomic E-state index is -3.85. The molecule has 0 radical (unpaired) electrons. The molecule has 138 valence electrons. The van der Waals surface area contributed by atoms with E-state index in [4.69, 9.17) is 0 Å². The Balaban J connectivity index is 1.73. The number of benzene rings is 1. The molecule has 1 aromatic carbocycles. The Labute approximate surface area is 164 Å². The van der Waals surface area contributed by atoms with Crippen LogP contribution in [0.1, 0.15) is 10.6 Å². The van der Waals surface area contributed by atoms with Crippen LogP contribution < -0.4 is 4.72 Å². The summed E-state index contributed by atoms with van der Waals surface area (Å²) in [6, 6.07) is 13.5. The van der Waals surface area contributed by atoms with Gasteiger partial charge in [0.2, 0.25) is 5.13 Å². The first kappa shape index (κ1) is 17.8. The maximum Gasteiger partial charge on any atom is 0.267 e. The summed E-state index contributed by atoms with van der Waals surface area (Å²) in [5.41, 5.74) is 1.46. The van der Waals surface area contributed by atoms with Crippen molar-refractivity contribution in [1.29, 1.82) is 0 Å². The van der Waals surface area contributed by atoms with E-state index in [1.165, 1.54) is 22.7 Å². The van der Waals surface area contributed by atoms with Crippen molar-refractivity contribution < 1.29 is 8.42 Å². The number of hydrogen-bond donors (Lipinski definition) is 1. The van der Waals surface area contributed by atoms with Gasteiger partial charge >= 0.3 is 0 Å². The molecule has 0 saturated heterocycles. The summed E-state index contributed by atoms with van der Waals surface area (Å²) in [7, 11) is -3.85. The maximum atomic E-state index is 13.0.